The largest absolute Gasteiger partial charge is 0.490 e. The normalized spacial score (nSPS) is 17.9. The molecular weight excluding hydrogens is 356 g/mol. The Balaban J connectivity index is 1.71. The van der Waals surface area contributed by atoms with Gasteiger partial charge in [-0.05, 0) is 26.0 Å². The molecule has 0 bridgehead atoms. The van der Waals surface area contributed by atoms with E-state index in [-0.39, 0.29) is 18.3 Å². The summed E-state index contributed by atoms with van der Waals surface area (Å²) < 4.78 is 36.7. The van der Waals surface area contributed by atoms with Crippen molar-refractivity contribution in [2.75, 3.05) is 45.1 Å². The molecule has 0 aliphatic carbocycles. The van der Waals surface area contributed by atoms with Crippen LogP contribution in [0.25, 0.3) is 6.08 Å². The van der Waals surface area contributed by atoms with Crippen LogP contribution >= 0.6 is 0 Å². The summed E-state index contributed by atoms with van der Waals surface area (Å²) in [6, 6.07) is 5.60. The zero-order valence-electron chi connectivity index (χ0n) is 15.1. The number of nitrogens with zero attached hydrogens (tertiary/aromatic N) is 2. The summed E-state index contributed by atoms with van der Waals surface area (Å²) in [7, 11) is -3.20. The zero-order chi connectivity index (χ0) is 18.7. The molecule has 142 valence electrons. The van der Waals surface area contributed by atoms with Crippen molar-refractivity contribution in [2.24, 2.45) is 0 Å². The summed E-state index contributed by atoms with van der Waals surface area (Å²) in [5.74, 6) is 1.31. The standard InChI is InChI=1S/C18H24N2O5S/c1-3-24-16-7-5-6-14-12-15(13-25-17(14)16)18(21)19-8-10-20(11-9-19)26(22,23)4-2/h5-7,12H,3-4,8-11,13H2,1-2H3. The van der Waals surface area contributed by atoms with Crippen molar-refractivity contribution >= 4 is 22.0 Å². The molecule has 0 spiro atoms. The van der Waals surface area contributed by atoms with Crippen molar-refractivity contribution in [2.45, 2.75) is 13.8 Å². The second-order valence-corrected chi connectivity index (χ2v) is 8.42. The summed E-state index contributed by atoms with van der Waals surface area (Å²) in [5.41, 5.74) is 1.38. The Bertz CT molecular complexity index is 811. The summed E-state index contributed by atoms with van der Waals surface area (Å²) in [6.45, 7) is 5.71. The van der Waals surface area contributed by atoms with E-state index in [0.29, 0.717) is 49.9 Å². The molecule has 7 nitrogen and oxygen atoms in total. The van der Waals surface area contributed by atoms with Gasteiger partial charge in [0.05, 0.1) is 17.9 Å². The molecule has 0 aromatic heterocycles. The maximum Gasteiger partial charge on any atom is 0.253 e. The van der Waals surface area contributed by atoms with Crippen LogP contribution in [0.1, 0.15) is 19.4 Å². The van der Waals surface area contributed by atoms with E-state index in [1.165, 1.54) is 4.31 Å². The smallest absolute Gasteiger partial charge is 0.253 e. The fourth-order valence-electron chi connectivity index (χ4n) is 3.13. The molecule has 0 unspecified atom stereocenters. The van der Waals surface area contributed by atoms with Crippen LogP contribution in [0, 0.1) is 0 Å². The molecule has 1 amide bonds. The highest BCUT2D eigenvalue weighted by molar-refractivity contribution is 7.89. The number of fused-ring (bicyclic) bond motifs is 1. The van der Waals surface area contributed by atoms with Crippen molar-refractivity contribution in [1.82, 2.24) is 9.21 Å². The first-order chi connectivity index (χ1) is 12.5. The number of para-hydroxylation sites is 1. The number of benzene rings is 1. The van der Waals surface area contributed by atoms with Crippen LogP contribution in [0.4, 0.5) is 0 Å². The van der Waals surface area contributed by atoms with Crippen molar-refractivity contribution in [3.63, 3.8) is 0 Å². The highest BCUT2D eigenvalue weighted by atomic mass is 32.2. The summed E-state index contributed by atoms with van der Waals surface area (Å²) in [5, 5.41) is 0. The number of carbonyl (C=O) groups excluding carboxylic acids is 1. The molecule has 26 heavy (non-hydrogen) atoms. The molecule has 0 atom stereocenters. The van der Waals surface area contributed by atoms with E-state index in [1.807, 2.05) is 31.2 Å². The van der Waals surface area contributed by atoms with E-state index in [4.69, 9.17) is 9.47 Å². The lowest BCUT2D eigenvalue weighted by atomic mass is 10.1. The lowest BCUT2D eigenvalue weighted by molar-refractivity contribution is -0.128. The molecule has 1 saturated heterocycles. The fourth-order valence-corrected chi connectivity index (χ4v) is 4.21. The number of carbonyl (C=O) groups is 1. The number of rotatable bonds is 5. The van der Waals surface area contributed by atoms with Crippen molar-refractivity contribution in [3.8, 4) is 11.5 Å². The Hall–Kier alpha value is -2.06. The number of sulfonamides is 1. The molecule has 2 heterocycles. The van der Waals surface area contributed by atoms with E-state index in [1.54, 1.807) is 11.8 Å². The van der Waals surface area contributed by atoms with Crippen LogP contribution in [0.3, 0.4) is 0 Å². The average Bonchev–Trinajstić information content (AvgIpc) is 2.67. The SMILES string of the molecule is CCOc1cccc2c1OCC(C(=O)N1CCN(S(=O)(=O)CC)CC1)=C2. The molecule has 0 saturated carbocycles. The summed E-state index contributed by atoms with van der Waals surface area (Å²) in [4.78, 5) is 14.5. The first kappa shape index (κ1) is 18.7. The van der Waals surface area contributed by atoms with Crippen LogP contribution < -0.4 is 9.47 Å². The van der Waals surface area contributed by atoms with Gasteiger partial charge < -0.3 is 14.4 Å². The summed E-state index contributed by atoms with van der Waals surface area (Å²) >= 11 is 0. The van der Waals surface area contributed by atoms with Crippen molar-refractivity contribution in [1.29, 1.82) is 0 Å². The Kier molecular flexibility index (Phi) is 5.52. The highest BCUT2D eigenvalue weighted by Crippen LogP contribution is 2.36. The Morgan fingerprint density at radius 1 is 1.19 bits per heavy atom. The Morgan fingerprint density at radius 3 is 2.58 bits per heavy atom. The van der Waals surface area contributed by atoms with Gasteiger partial charge in [-0.2, -0.15) is 4.31 Å². The van der Waals surface area contributed by atoms with Gasteiger partial charge in [-0.1, -0.05) is 12.1 Å². The molecule has 1 fully saturated rings. The minimum absolute atomic E-state index is 0.0822. The number of amides is 1. The first-order valence-corrected chi connectivity index (χ1v) is 10.4. The lowest BCUT2D eigenvalue weighted by Gasteiger charge is -2.34. The number of piperazine rings is 1. The monoisotopic (exact) mass is 380 g/mol. The molecule has 2 aliphatic rings. The molecule has 8 heteroatoms. The predicted octanol–water partition coefficient (Wildman–Crippen LogP) is 1.35. The second kappa shape index (κ2) is 7.67. The van der Waals surface area contributed by atoms with Gasteiger partial charge in [-0.25, -0.2) is 8.42 Å². The van der Waals surface area contributed by atoms with E-state index >= 15 is 0 Å². The molecular formula is C18H24N2O5S. The zero-order valence-corrected chi connectivity index (χ0v) is 15.9. The first-order valence-electron chi connectivity index (χ1n) is 8.82. The van der Waals surface area contributed by atoms with Crippen molar-refractivity contribution in [3.05, 3.63) is 29.3 Å². The van der Waals surface area contributed by atoms with Gasteiger partial charge in [-0.15, -0.1) is 0 Å². The maximum absolute atomic E-state index is 12.8. The third kappa shape index (κ3) is 3.71. The van der Waals surface area contributed by atoms with Crippen molar-refractivity contribution < 1.29 is 22.7 Å². The predicted molar refractivity (Wildman–Crippen MR) is 98.7 cm³/mol. The van der Waals surface area contributed by atoms with Gasteiger partial charge in [0, 0.05) is 31.7 Å². The van der Waals surface area contributed by atoms with Crippen LogP contribution in [-0.4, -0.2) is 68.7 Å². The van der Waals surface area contributed by atoms with Gasteiger partial charge in [-0.3, -0.25) is 4.79 Å². The molecule has 3 rings (SSSR count). The van der Waals surface area contributed by atoms with Crippen LogP contribution in [0.5, 0.6) is 11.5 Å². The topological polar surface area (TPSA) is 76.2 Å². The minimum atomic E-state index is -3.20. The third-order valence-electron chi connectivity index (χ3n) is 4.57. The van der Waals surface area contributed by atoms with Crippen LogP contribution in [0.15, 0.2) is 23.8 Å². The molecule has 1 aromatic carbocycles. The summed E-state index contributed by atoms with van der Waals surface area (Å²) in [6.07, 6.45) is 1.83. The Labute approximate surface area is 154 Å². The van der Waals surface area contributed by atoms with Gasteiger partial charge >= 0.3 is 0 Å². The van der Waals surface area contributed by atoms with Gasteiger partial charge in [0.1, 0.15) is 6.61 Å². The second-order valence-electron chi connectivity index (χ2n) is 6.16. The average molecular weight is 380 g/mol. The lowest BCUT2D eigenvalue weighted by Crippen LogP contribution is -2.51. The number of ether oxygens (including phenoxy) is 2. The highest BCUT2D eigenvalue weighted by Gasteiger charge is 2.30. The molecule has 1 aromatic rings. The third-order valence-corrected chi connectivity index (χ3v) is 6.45. The number of hydrogen-bond donors (Lipinski definition) is 0. The van der Waals surface area contributed by atoms with Crippen LogP contribution in [0.2, 0.25) is 0 Å². The van der Waals surface area contributed by atoms with Gasteiger partial charge in [0.25, 0.3) is 5.91 Å². The fraction of sp³-hybridized carbons (Fsp3) is 0.500. The maximum atomic E-state index is 12.8. The minimum Gasteiger partial charge on any atom is -0.490 e. The van der Waals surface area contributed by atoms with E-state index in [0.717, 1.165) is 5.56 Å². The molecule has 2 aliphatic heterocycles. The van der Waals surface area contributed by atoms with Gasteiger partial charge in [0.15, 0.2) is 11.5 Å². The number of hydrogen-bond acceptors (Lipinski definition) is 5. The van der Waals surface area contributed by atoms with E-state index in [9.17, 15) is 13.2 Å². The van der Waals surface area contributed by atoms with E-state index in [2.05, 4.69) is 0 Å². The van der Waals surface area contributed by atoms with Crippen LogP contribution in [-0.2, 0) is 14.8 Å². The van der Waals surface area contributed by atoms with E-state index < -0.39 is 10.0 Å². The molecule has 0 radical (unpaired) electrons. The van der Waals surface area contributed by atoms with Gasteiger partial charge in [0.2, 0.25) is 10.0 Å². The molecule has 0 N–H and O–H groups in total. The Morgan fingerprint density at radius 2 is 1.92 bits per heavy atom. The quantitative estimate of drug-likeness (QED) is 0.771.